The molecule has 3 rings (SSSR count). The SMILES string of the molecule is Cn1c(=O)n(CCC(=O)NCCCCCC2NNC(N)C2C#N)c2ccccc21. The van der Waals surface area contributed by atoms with E-state index in [0.717, 1.165) is 36.7 Å². The molecule has 1 amide bonds. The van der Waals surface area contributed by atoms with E-state index in [0.29, 0.717) is 13.1 Å². The Hall–Kier alpha value is -2.67. The number of para-hydroxylation sites is 2. The van der Waals surface area contributed by atoms with Crippen LogP contribution < -0.4 is 27.6 Å². The van der Waals surface area contributed by atoms with Gasteiger partial charge in [0.2, 0.25) is 5.91 Å². The number of carbonyl (C=O) groups excluding carboxylic acids is 1. The lowest BCUT2D eigenvalue weighted by Crippen LogP contribution is -2.38. The number of hydrazine groups is 1. The summed E-state index contributed by atoms with van der Waals surface area (Å²) in [5.41, 5.74) is 13.4. The monoisotopic (exact) mass is 399 g/mol. The van der Waals surface area contributed by atoms with Gasteiger partial charge in [0, 0.05) is 32.6 Å². The molecule has 0 bridgehead atoms. The van der Waals surface area contributed by atoms with Gasteiger partial charge in [-0.05, 0) is 25.0 Å². The molecule has 29 heavy (non-hydrogen) atoms. The molecule has 9 heteroatoms. The van der Waals surface area contributed by atoms with E-state index in [9.17, 15) is 9.59 Å². The van der Waals surface area contributed by atoms with Gasteiger partial charge in [-0.15, -0.1) is 0 Å². The maximum atomic E-state index is 12.4. The number of nitrogens with one attached hydrogen (secondary N) is 3. The number of hydrogen-bond acceptors (Lipinski definition) is 6. The van der Waals surface area contributed by atoms with E-state index in [1.165, 1.54) is 0 Å². The van der Waals surface area contributed by atoms with Crippen LogP contribution in [-0.4, -0.2) is 33.8 Å². The third kappa shape index (κ3) is 4.85. The van der Waals surface area contributed by atoms with Crippen molar-refractivity contribution in [3.63, 3.8) is 0 Å². The van der Waals surface area contributed by atoms with E-state index < -0.39 is 0 Å². The number of hydrogen-bond donors (Lipinski definition) is 4. The Balaban J connectivity index is 1.35. The Morgan fingerprint density at radius 3 is 2.76 bits per heavy atom. The smallest absolute Gasteiger partial charge is 0.328 e. The molecule has 1 fully saturated rings. The average molecular weight is 399 g/mol. The van der Waals surface area contributed by atoms with E-state index in [1.54, 1.807) is 16.2 Å². The molecule has 0 aliphatic carbocycles. The van der Waals surface area contributed by atoms with Crippen LogP contribution in [0, 0.1) is 17.2 Å². The molecule has 2 heterocycles. The van der Waals surface area contributed by atoms with Gasteiger partial charge in [0.1, 0.15) is 0 Å². The highest BCUT2D eigenvalue weighted by Crippen LogP contribution is 2.16. The summed E-state index contributed by atoms with van der Waals surface area (Å²) in [4.78, 5) is 24.5. The van der Waals surface area contributed by atoms with E-state index in [2.05, 4.69) is 22.2 Å². The van der Waals surface area contributed by atoms with Gasteiger partial charge in [-0.1, -0.05) is 25.0 Å². The van der Waals surface area contributed by atoms with Crippen molar-refractivity contribution < 1.29 is 4.79 Å². The molecule has 9 nitrogen and oxygen atoms in total. The highest BCUT2D eigenvalue weighted by atomic mass is 16.2. The zero-order chi connectivity index (χ0) is 20.8. The van der Waals surface area contributed by atoms with Gasteiger partial charge < -0.3 is 11.1 Å². The first kappa shape index (κ1) is 21.0. The Bertz CT molecular complexity index is 942. The molecule has 1 saturated heterocycles. The Kier molecular flexibility index (Phi) is 7.04. The van der Waals surface area contributed by atoms with Gasteiger partial charge >= 0.3 is 5.69 Å². The third-order valence-electron chi connectivity index (χ3n) is 5.53. The van der Waals surface area contributed by atoms with Crippen molar-refractivity contribution in [3.05, 3.63) is 34.7 Å². The molecule has 156 valence electrons. The van der Waals surface area contributed by atoms with Crippen LogP contribution in [0.15, 0.2) is 29.1 Å². The van der Waals surface area contributed by atoms with Crippen LogP contribution in [0.5, 0.6) is 0 Å². The van der Waals surface area contributed by atoms with Crippen molar-refractivity contribution in [3.8, 4) is 6.07 Å². The second-order valence-electron chi connectivity index (χ2n) is 7.51. The number of nitriles is 1. The number of nitrogens with zero attached hydrogens (tertiary/aromatic N) is 3. The lowest BCUT2D eigenvalue weighted by atomic mass is 9.96. The number of imidazole rings is 1. The van der Waals surface area contributed by atoms with Crippen LogP contribution in [0.1, 0.15) is 32.1 Å². The second-order valence-corrected chi connectivity index (χ2v) is 7.51. The molecule has 2 aromatic rings. The summed E-state index contributed by atoms with van der Waals surface area (Å²) in [6, 6.07) is 9.90. The van der Waals surface area contributed by atoms with Crippen molar-refractivity contribution >= 4 is 16.9 Å². The highest BCUT2D eigenvalue weighted by molar-refractivity contribution is 5.77. The molecule has 0 radical (unpaired) electrons. The molecule has 5 N–H and O–H groups in total. The molecule has 3 unspecified atom stereocenters. The van der Waals surface area contributed by atoms with Gasteiger partial charge in [-0.25, -0.2) is 10.2 Å². The van der Waals surface area contributed by atoms with Gasteiger partial charge in [-0.2, -0.15) is 5.26 Å². The van der Waals surface area contributed by atoms with E-state index in [-0.39, 0.29) is 36.1 Å². The molecule has 1 aromatic carbocycles. The predicted molar refractivity (Wildman–Crippen MR) is 110 cm³/mol. The van der Waals surface area contributed by atoms with Crippen LogP contribution in [0.4, 0.5) is 0 Å². The van der Waals surface area contributed by atoms with E-state index >= 15 is 0 Å². The second kappa shape index (κ2) is 9.69. The van der Waals surface area contributed by atoms with Crippen molar-refractivity contribution in [2.75, 3.05) is 6.54 Å². The van der Waals surface area contributed by atoms with Crippen molar-refractivity contribution in [2.24, 2.45) is 18.7 Å². The third-order valence-corrected chi connectivity index (χ3v) is 5.53. The lowest BCUT2D eigenvalue weighted by Gasteiger charge is -2.13. The van der Waals surface area contributed by atoms with Crippen molar-refractivity contribution in [2.45, 2.75) is 50.9 Å². The first-order valence-electron chi connectivity index (χ1n) is 10.1. The molecule has 0 saturated carbocycles. The minimum atomic E-state index is -0.321. The summed E-state index contributed by atoms with van der Waals surface area (Å²) in [6.45, 7) is 0.975. The quantitative estimate of drug-likeness (QED) is 0.449. The molecule has 1 aromatic heterocycles. The lowest BCUT2D eigenvalue weighted by molar-refractivity contribution is -0.121. The number of rotatable bonds is 9. The summed E-state index contributed by atoms with van der Waals surface area (Å²) in [6.07, 6.45) is 3.63. The zero-order valence-corrected chi connectivity index (χ0v) is 16.7. The van der Waals surface area contributed by atoms with Gasteiger partial charge in [0.25, 0.3) is 0 Å². The predicted octanol–water partition coefficient (Wildman–Crippen LogP) is 0.308. The largest absolute Gasteiger partial charge is 0.356 e. The molecule has 1 aliphatic heterocycles. The van der Waals surface area contributed by atoms with Crippen LogP contribution >= 0.6 is 0 Å². The number of aryl methyl sites for hydroxylation is 2. The van der Waals surface area contributed by atoms with Crippen LogP contribution in [0.3, 0.4) is 0 Å². The van der Waals surface area contributed by atoms with Crippen LogP contribution in [0.2, 0.25) is 0 Å². The number of nitrogens with two attached hydrogens (primary N) is 1. The average Bonchev–Trinajstić information content (AvgIpc) is 3.20. The van der Waals surface area contributed by atoms with Crippen LogP contribution in [-0.2, 0) is 18.4 Å². The number of fused-ring (bicyclic) bond motifs is 1. The number of carbonyl (C=O) groups is 1. The van der Waals surface area contributed by atoms with Crippen LogP contribution in [0.25, 0.3) is 11.0 Å². The molecular formula is C20H29N7O2. The van der Waals surface area contributed by atoms with Gasteiger partial charge in [-0.3, -0.25) is 19.4 Å². The first-order chi connectivity index (χ1) is 14.0. The molecule has 1 aliphatic rings. The van der Waals surface area contributed by atoms with E-state index in [4.69, 9.17) is 11.0 Å². The maximum Gasteiger partial charge on any atom is 0.328 e. The highest BCUT2D eigenvalue weighted by Gasteiger charge is 2.32. The minimum absolute atomic E-state index is 0.0537. The van der Waals surface area contributed by atoms with E-state index in [1.807, 2.05) is 24.3 Å². The topological polar surface area (TPSA) is 130 Å². The molecule has 0 spiro atoms. The number of amides is 1. The maximum absolute atomic E-state index is 12.4. The fourth-order valence-electron chi connectivity index (χ4n) is 3.83. The zero-order valence-electron chi connectivity index (χ0n) is 16.7. The Labute approximate surface area is 169 Å². The standard InChI is InChI=1S/C20H29N7O2/c1-26-16-8-4-5-9-17(16)27(20(26)29)12-10-18(28)23-11-6-2-3-7-15-14(13-21)19(22)25-24-15/h4-5,8-9,14-15,19,24-25H,2-3,6-7,10-12,22H2,1H3,(H,23,28). The summed E-state index contributed by atoms with van der Waals surface area (Å²) in [5, 5.41) is 12.1. The normalized spacial score (nSPS) is 21.3. The van der Waals surface area contributed by atoms with Gasteiger partial charge in [0.05, 0.1) is 29.2 Å². The summed E-state index contributed by atoms with van der Waals surface area (Å²) < 4.78 is 3.25. The number of unbranched alkanes of at least 4 members (excludes halogenated alkanes) is 2. The Morgan fingerprint density at radius 2 is 2.00 bits per heavy atom. The summed E-state index contributed by atoms with van der Waals surface area (Å²) >= 11 is 0. The summed E-state index contributed by atoms with van der Waals surface area (Å²) in [7, 11) is 1.74. The van der Waals surface area contributed by atoms with Crippen molar-refractivity contribution in [1.82, 2.24) is 25.3 Å². The first-order valence-corrected chi connectivity index (χ1v) is 10.1. The molecular weight excluding hydrogens is 370 g/mol. The molecule has 3 atom stereocenters. The van der Waals surface area contributed by atoms with Crippen molar-refractivity contribution in [1.29, 1.82) is 5.26 Å². The number of benzene rings is 1. The van der Waals surface area contributed by atoms with Gasteiger partial charge in [0.15, 0.2) is 0 Å². The minimum Gasteiger partial charge on any atom is -0.356 e. The summed E-state index contributed by atoms with van der Waals surface area (Å²) in [5.74, 6) is -0.269. The fraction of sp³-hybridized carbons (Fsp3) is 0.550. The number of aromatic nitrogens is 2. The fourth-order valence-corrected chi connectivity index (χ4v) is 3.83. The Morgan fingerprint density at radius 1 is 1.24 bits per heavy atom.